The van der Waals surface area contributed by atoms with Crippen LogP contribution in [0.1, 0.15) is 27.6 Å². The summed E-state index contributed by atoms with van der Waals surface area (Å²) in [5, 5.41) is 3.18. The molecule has 0 bridgehead atoms. The first-order chi connectivity index (χ1) is 9.50. The van der Waals surface area contributed by atoms with E-state index in [0.29, 0.717) is 11.3 Å². The Morgan fingerprint density at radius 2 is 1.55 bits per heavy atom. The molecule has 0 fully saturated rings. The average molecular weight is 308 g/mol. The minimum Gasteiger partial charge on any atom is -0.321 e. The molecule has 3 nitrogen and oxygen atoms in total. The summed E-state index contributed by atoms with van der Waals surface area (Å²) >= 11 is 12.0. The van der Waals surface area contributed by atoms with Crippen LogP contribution in [0.4, 0.5) is 5.69 Å². The summed E-state index contributed by atoms with van der Waals surface area (Å²) < 4.78 is 0. The molecular formula is C15H11Cl2NO2. The Labute approximate surface area is 126 Å². The highest BCUT2D eigenvalue weighted by atomic mass is 35.5. The number of anilines is 1. The van der Waals surface area contributed by atoms with Gasteiger partial charge in [-0.15, -0.1) is 0 Å². The van der Waals surface area contributed by atoms with Gasteiger partial charge in [0.25, 0.3) is 5.91 Å². The van der Waals surface area contributed by atoms with Crippen LogP contribution in [-0.2, 0) is 0 Å². The topological polar surface area (TPSA) is 46.2 Å². The smallest absolute Gasteiger partial charge is 0.258 e. The predicted molar refractivity (Wildman–Crippen MR) is 80.9 cm³/mol. The first kappa shape index (κ1) is 14.6. The molecule has 2 rings (SSSR count). The first-order valence-corrected chi connectivity index (χ1v) is 6.61. The summed E-state index contributed by atoms with van der Waals surface area (Å²) in [6, 6.07) is 11.6. The van der Waals surface area contributed by atoms with Crippen molar-refractivity contribution in [3.63, 3.8) is 0 Å². The van der Waals surface area contributed by atoms with Crippen LogP contribution in [0, 0.1) is 0 Å². The van der Waals surface area contributed by atoms with Crippen molar-refractivity contribution in [2.45, 2.75) is 6.92 Å². The van der Waals surface area contributed by atoms with Crippen molar-refractivity contribution in [2.24, 2.45) is 0 Å². The largest absolute Gasteiger partial charge is 0.321 e. The predicted octanol–water partition coefficient (Wildman–Crippen LogP) is 4.45. The fraction of sp³-hybridized carbons (Fsp3) is 0.0667. The lowest BCUT2D eigenvalue weighted by Gasteiger charge is -2.10. The van der Waals surface area contributed by atoms with Crippen LogP contribution in [0.15, 0.2) is 42.5 Å². The number of para-hydroxylation sites is 1. The number of ketones is 1. The molecule has 0 saturated heterocycles. The van der Waals surface area contributed by atoms with Gasteiger partial charge in [0.1, 0.15) is 0 Å². The van der Waals surface area contributed by atoms with E-state index >= 15 is 0 Å². The molecule has 0 unspecified atom stereocenters. The van der Waals surface area contributed by atoms with Gasteiger partial charge in [-0.1, -0.05) is 41.4 Å². The van der Waals surface area contributed by atoms with Gasteiger partial charge in [-0.25, -0.2) is 0 Å². The third-order valence-electron chi connectivity index (χ3n) is 2.74. The average Bonchev–Trinajstić information content (AvgIpc) is 2.38. The van der Waals surface area contributed by atoms with E-state index in [9.17, 15) is 9.59 Å². The summed E-state index contributed by atoms with van der Waals surface area (Å²) in [7, 11) is 0. The molecule has 0 heterocycles. The van der Waals surface area contributed by atoms with Gasteiger partial charge in [-0.3, -0.25) is 9.59 Å². The molecule has 0 aliphatic rings. The number of rotatable bonds is 3. The summed E-state index contributed by atoms with van der Waals surface area (Å²) in [5.41, 5.74) is 1.05. The maximum Gasteiger partial charge on any atom is 0.258 e. The van der Waals surface area contributed by atoms with Crippen molar-refractivity contribution in [3.05, 3.63) is 63.6 Å². The molecule has 0 saturated carbocycles. The van der Waals surface area contributed by atoms with E-state index in [1.165, 1.54) is 6.92 Å². The summed E-state index contributed by atoms with van der Waals surface area (Å²) in [6.45, 7) is 1.44. The molecule has 0 atom stereocenters. The zero-order valence-electron chi connectivity index (χ0n) is 10.6. The van der Waals surface area contributed by atoms with Gasteiger partial charge in [-0.2, -0.15) is 0 Å². The molecule has 0 aliphatic heterocycles. The van der Waals surface area contributed by atoms with Crippen molar-refractivity contribution in [1.29, 1.82) is 0 Å². The zero-order chi connectivity index (χ0) is 14.7. The van der Waals surface area contributed by atoms with E-state index in [2.05, 4.69) is 5.32 Å². The number of carbonyl (C=O) groups is 2. The third-order valence-corrected chi connectivity index (χ3v) is 3.37. The molecule has 1 N–H and O–H groups in total. The van der Waals surface area contributed by atoms with Crippen molar-refractivity contribution in [1.82, 2.24) is 0 Å². The standard InChI is InChI=1S/C15H11Cl2NO2/c1-9(19)10-5-2-3-8-13(10)18-15(20)14-11(16)6-4-7-12(14)17/h2-8H,1H3,(H,18,20). The van der Waals surface area contributed by atoms with E-state index < -0.39 is 5.91 Å². The molecule has 0 radical (unpaired) electrons. The highest BCUT2D eigenvalue weighted by Crippen LogP contribution is 2.26. The third kappa shape index (κ3) is 3.00. The van der Waals surface area contributed by atoms with Crippen LogP contribution >= 0.6 is 23.2 Å². The maximum atomic E-state index is 12.2. The minimum absolute atomic E-state index is 0.133. The Morgan fingerprint density at radius 3 is 2.15 bits per heavy atom. The number of benzene rings is 2. The van der Waals surface area contributed by atoms with Crippen molar-refractivity contribution in [3.8, 4) is 0 Å². The van der Waals surface area contributed by atoms with Crippen LogP contribution in [0.3, 0.4) is 0 Å². The van der Waals surface area contributed by atoms with Gasteiger partial charge in [0, 0.05) is 5.56 Å². The van der Waals surface area contributed by atoms with Crippen molar-refractivity contribution < 1.29 is 9.59 Å². The number of carbonyl (C=O) groups excluding carboxylic acids is 2. The second-order valence-corrected chi connectivity index (χ2v) is 4.97. The number of hydrogen-bond donors (Lipinski definition) is 1. The quantitative estimate of drug-likeness (QED) is 0.852. The van der Waals surface area contributed by atoms with Gasteiger partial charge < -0.3 is 5.32 Å². The molecule has 1 amide bonds. The number of amides is 1. The normalized spacial score (nSPS) is 10.2. The van der Waals surface area contributed by atoms with E-state index in [1.807, 2.05) is 0 Å². The van der Waals surface area contributed by atoms with E-state index in [4.69, 9.17) is 23.2 Å². The lowest BCUT2D eigenvalue weighted by Crippen LogP contribution is -2.15. The molecule has 2 aromatic carbocycles. The van der Waals surface area contributed by atoms with Crippen molar-refractivity contribution in [2.75, 3.05) is 5.32 Å². The maximum absolute atomic E-state index is 12.2. The number of hydrogen-bond acceptors (Lipinski definition) is 2. The SMILES string of the molecule is CC(=O)c1ccccc1NC(=O)c1c(Cl)cccc1Cl. The molecule has 0 aliphatic carbocycles. The van der Waals surface area contributed by atoms with E-state index in [0.717, 1.165) is 0 Å². The molecule has 20 heavy (non-hydrogen) atoms. The highest BCUT2D eigenvalue weighted by molar-refractivity contribution is 6.40. The molecule has 2 aromatic rings. The van der Waals surface area contributed by atoms with Crippen LogP contribution in [0.5, 0.6) is 0 Å². The van der Waals surface area contributed by atoms with Crippen LogP contribution < -0.4 is 5.32 Å². The molecule has 5 heteroatoms. The van der Waals surface area contributed by atoms with Gasteiger partial charge >= 0.3 is 0 Å². The van der Waals surface area contributed by atoms with E-state index in [1.54, 1.807) is 42.5 Å². The van der Waals surface area contributed by atoms with Gasteiger partial charge in [0.2, 0.25) is 0 Å². The lowest BCUT2D eigenvalue weighted by atomic mass is 10.1. The van der Waals surface area contributed by atoms with Crippen LogP contribution in [0.25, 0.3) is 0 Å². The van der Waals surface area contributed by atoms with Gasteiger partial charge in [0.05, 0.1) is 21.3 Å². The zero-order valence-corrected chi connectivity index (χ0v) is 12.1. The van der Waals surface area contributed by atoms with Gasteiger partial charge in [-0.05, 0) is 31.2 Å². The summed E-state index contributed by atoms with van der Waals surface area (Å²) in [6.07, 6.45) is 0. The number of Topliss-reactive ketones (excluding diaryl/α,β-unsaturated/α-hetero) is 1. The lowest BCUT2D eigenvalue weighted by molar-refractivity contribution is 0.101. The Bertz CT molecular complexity index is 663. The fourth-order valence-corrected chi connectivity index (χ4v) is 2.37. The molecule has 0 aromatic heterocycles. The Balaban J connectivity index is 2.36. The molecule has 102 valence electrons. The van der Waals surface area contributed by atoms with Crippen LogP contribution in [-0.4, -0.2) is 11.7 Å². The van der Waals surface area contributed by atoms with E-state index in [-0.39, 0.29) is 21.4 Å². The highest BCUT2D eigenvalue weighted by Gasteiger charge is 2.16. The minimum atomic E-state index is -0.450. The summed E-state index contributed by atoms with van der Waals surface area (Å²) in [5.74, 6) is -0.583. The number of halogens is 2. The number of nitrogens with one attached hydrogen (secondary N) is 1. The summed E-state index contributed by atoms with van der Waals surface area (Å²) in [4.78, 5) is 23.8. The first-order valence-electron chi connectivity index (χ1n) is 5.86. The van der Waals surface area contributed by atoms with Crippen molar-refractivity contribution >= 4 is 40.6 Å². The fourth-order valence-electron chi connectivity index (χ4n) is 1.80. The molecule has 0 spiro atoms. The molecular weight excluding hydrogens is 297 g/mol. The van der Waals surface area contributed by atoms with Crippen LogP contribution in [0.2, 0.25) is 10.0 Å². The van der Waals surface area contributed by atoms with Gasteiger partial charge in [0.15, 0.2) is 5.78 Å². The second-order valence-electron chi connectivity index (χ2n) is 4.15. The monoisotopic (exact) mass is 307 g/mol. The second kappa shape index (κ2) is 6.07. The Hall–Kier alpha value is -1.84. The Morgan fingerprint density at radius 1 is 0.950 bits per heavy atom. The Kier molecular flexibility index (Phi) is 4.42.